The van der Waals surface area contributed by atoms with Crippen LogP contribution in [0, 0.1) is 11.8 Å². The fourth-order valence-corrected chi connectivity index (χ4v) is 2.00. The van der Waals surface area contributed by atoms with Crippen LogP contribution in [0.5, 0.6) is 0 Å². The van der Waals surface area contributed by atoms with Crippen molar-refractivity contribution >= 4 is 5.91 Å². The van der Waals surface area contributed by atoms with Gasteiger partial charge >= 0.3 is 0 Å². The van der Waals surface area contributed by atoms with Crippen LogP contribution < -0.4 is 0 Å². The topological polar surface area (TPSA) is 23.6 Å². The Morgan fingerprint density at radius 3 is 2.59 bits per heavy atom. The van der Waals surface area contributed by atoms with E-state index in [2.05, 4.69) is 13.8 Å². The van der Waals surface area contributed by atoms with Crippen molar-refractivity contribution in [1.29, 1.82) is 0 Å². The van der Waals surface area contributed by atoms with Crippen molar-refractivity contribution < 1.29 is 4.79 Å². The molecule has 1 amide bonds. The second kappa shape index (κ2) is 7.49. The summed E-state index contributed by atoms with van der Waals surface area (Å²) in [6.45, 7) is 7.16. The Balaban J connectivity index is 0.00000256. The van der Waals surface area contributed by atoms with Crippen molar-refractivity contribution in [2.24, 2.45) is 11.8 Å². The van der Waals surface area contributed by atoms with E-state index < -0.39 is 0 Å². The second-order valence-corrected chi connectivity index (χ2v) is 5.24. The van der Waals surface area contributed by atoms with Gasteiger partial charge in [0.25, 0.3) is 0 Å². The predicted molar refractivity (Wildman–Crippen MR) is 74.0 cm³/mol. The zero-order valence-corrected chi connectivity index (χ0v) is 10.9. The monoisotopic (exact) mass is 240 g/mol. The molecule has 1 fully saturated rings. The Morgan fingerprint density at radius 1 is 1.47 bits per heavy atom. The molecule has 0 radical (unpaired) electrons. The minimum Gasteiger partial charge on any atom is -0.339 e. The molecule has 1 aliphatic rings. The molecule has 0 aromatic heterocycles. The number of amides is 1. The van der Waals surface area contributed by atoms with E-state index in [4.69, 9.17) is 0 Å². The number of carbonyl (C=O) groups is 1. The number of rotatable bonds is 4. The fourth-order valence-electron chi connectivity index (χ4n) is 2.00. The van der Waals surface area contributed by atoms with Gasteiger partial charge in [0.2, 0.25) is 5.91 Å². The normalized spacial score (nSPS) is 20.4. The summed E-state index contributed by atoms with van der Waals surface area (Å²) in [5.74, 6) is 1.54. The van der Waals surface area contributed by atoms with Gasteiger partial charge in [-0.2, -0.15) is 0 Å². The zero-order valence-electron chi connectivity index (χ0n) is 10.9. The quantitative estimate of drug-likeness (QED) is 0.704. The van der Waals surface area contributed by atoms with Gasteiger partial charge in [-0.3, -0.25) is 4.79 Å². The summed E-state index contributed by atoms with van der Waals surface area (Å²) in [4.78, 5) is 15.8. The third-order valence-corrected chi connectivity index (χ3v) is 3.21. The SMILES string of the molecule is C.CC(C)[C@H]1CCN(C(=O)/C=C/CN(C)C)C1. The number of likely N-dealkylation sites (tertiary alicyclic amines) is 1. The smallest absolute Gasteiger partial charge is 0.246 e. The maximum Gasteiger partial charge on any atom is 0.246 e. The standard InChI is InChI=1S/C13H24N2O.CH4/c1-11(2)12-7-9-15(10-12)13(16)6-5-8-14(3)4;/h5-6,11-12H,7-10H2,1-4H3;1H4/b6-5+;/t12-;/m0./s1. The van der Waals surface area contributed by atoms with E-state index in [1.807, 2.05) is 30.0 Å². The Morgan fingerprint density at radius 2 is 2.12 bits per heavy atom. The molecule has 0 aliphatic carbocycles. The number of hydrogen-bond donors (Lipinski definition) is 0. The van der Waals surface area contributed by atoms with Crippen LogP contribution in [-0.4, -0.2) is 49.4 Å². The van der Waals surface area contributed by atoms with Crippen LogP contribution >= 0.6 is 0 Å². The molecule has 0 saturated carbocycles. The zero-order chi connectivity index (χ0) is 12.1. The fraction of sp³-hybridized carbons (Fsp3) is 0.786. The highest BCUT2D eigenvalue weighted by atomic mass is 16.2. The summed E-state index contributed by atoms with van der Waals surface area (Å²) in [7, 11) is 4.00. The molecule has 0 unspecified atom stereocenters. The second-order valence-electron chi connectivity index (χ2n) is 5.24. The average Bonchev–Trinajstić information content (AvgIpc) is 2.65. The largest absolute Gasteiger partial charge is 0.339 e. The first-order valence-corrected chi connectivity index (χ1v) is 6.11. The first-order valence-electron chi connectivity index (χ1n) is 6.11. The Hall–Kier alpha value is -0.830. The lowest BCUT2D eigenvalue weighted by atomic mass is 9.95. The summed E-state index contributed by atoms with van der Waals surface area (Å²) >= 11 is 0. The highest BCUT2D eigenvalue weighted by Crippen LogP contribution is 2.23. The maximum absolute atomic E-state index is 11.8. The Bertz CT molecular complexity index is 259. The van der Waals surface area contributed by atoms with Crippen LogP contribution in [-0.2, 0) is 4.79 Å². The van der Waals surface area contributed by atoms with Crippen molar-refractivity contribution in [2.45, 2.75) is 27.7 Å². The molecule has 1 rings (SSSR count). The third-order valence-electron chi connectivity index (χ3n) is 3.21. The van der Waals surface area contributed by atoms with Crippen LogP contribution in [0.25, 0.3) is 0 Å². The molecule has 0 N–H and O–H groups in total. The van der Waals surface area contributed by atoms with Crippen LogP contribution in [0.15, 0.2) is 12.2 Å². The molecule has 1 aliphatic heterocycles. The number of hydrogen-bond acceptors (Lipinski definition) is 2. The van der Waals surface area contributed by atoms with Gasteiger partial charge in [0.05, 0.1) is 0 Å². The summed E-state index contributed by atoms with van der Waals surface area (Å²) in [6, 6.07) is 0. The predicted octanol–water partition coefficient (Wildman–Crippen LogP) is 2.24. The van der Waals surface area contributed by atoms with Crippen LogP contribution in [0.2, 0.25) is 0 Å². The van der Waals surface area contributed by atoms with Crippen molar-refractivity contribution in [2.75, 3.05) is 33.7 Å². The van der Waals surface area contributed by atoms with Gasteiger partial charge < -0.3 is 9.80 Å². The highest BCUT2D eigenvalue weighted by Gasteiger charge is 2.26. The van der Waals surface area contributed by atoms with Crippen molar-refractivity contribution in [3.63, 3.8) is 0 Å². The maximum atomic E-state index is 11.8. The molecule has 1 saturated heterocycles. The molecule has 3 nitrogen and oxygen atoms in total. The van der Waals surface area contributed by atoms with E-state index >= 15 is 0 Å². The first-order chi connectivity index (χ1) is 7.50. The Labute approximate surface area is 106 Å². The van der Waals surface area contributed by atoms with Gasteiger partial charge in [-0.15, -0.1) is 0 Å². The summed E-state index contributed by atoms with van der Waals surface area (Å²) in [5.41, 5.74) is 0. The van der Waals surface area contributed by atoms with Gasteiger partial charge in [0.15, 0.2) is 0 Å². The molecule has 0 aromatic carbocycles. The minimum absolute atomic E-state index is 0. The van der Waals surface area contributed by atoms with E-state index in [9.17, 15) is 4.79 Å². The van der Waals surface area contributed by atoms with Crippen molar-refractivity contribution in [1.82, 2.24) is 9.80 Å². The van der Waals surface area contributed by atoms with E-state index in [1.54, 1.807) is 6.08 Å². The lowest BCUT2D eigenvalue weighted by Crippen LogP contribution is -2.27. The lowest BCUT2D eigenvalue weighted by Gasteiger charge is -2.16. The number of nitrogens with zero attached hydrogens (tertiary/aromatic N) is 2. The van der Waals surface area contributed by atoms with Crippen molar-refractivity contribution in [3.8, 4) is 0 Å². The average molecular weight is 240 g/mol. The van der Waals surface area contributed by atoms with Gasteiger partial charge in [-0.1, -0.05) is 27.4 Å². The summed E-state index contributed by atoms with van der Waals surface area (Å²) in [5, 5.41) is 0. The van der Waals surface area contributed by atoms with E-state index in [-0.39, 0.29) is 13.3 Å². The van der Waals surface area contributed by atoms with Gasteiger partial charge in [0.1, 0.15) is 0 Å². The molecule has 1 atom stereocenters. The Kier molecular flexibility index (Phi) is 7.12. The van der Waals surface area contributed by atoms with Crippen molar-refractivity contribution in [3.05, 3.63) is 12.2 Å². The molecular weight excluding hydrogens is 212 g/mol. The third kappa shape index (κ3) is 5.35. The first kappa shape index (κ1) is 16.2. The van der Waals surface area contributed by atoms with E-state index in [1.165, 1.54) is 0 Å². The minimum atomic E-state index is 0. The number of likely N-dealkylation sites (N-methyl/N-ethyl adjacent to an activating group) is 1. The van der Waals surface area contributed by atoms with Crippen LogP contribution in [0.3, 0.4) is 0 Å². The molecule has 0 bridgehead atoms. The number of carbonyl (C=O) groups excluding carboxylic acids is 1. The summed E-state index contributed by atoms with van der Waals surface area (Å²) < 4.78 is 0. The van der Waals surface area contributed by atoms with Gasteiger partial charge in [0, 0.05) is 25.7 Å². The molecule has 0 aromatic rings. The van der Waals surface area contributed by atoms with Gasteiger partial charge in [-0.05, 0) is 32.4 Å². The molecule has 100 valence electrons. The lowest BCUT2D eigenvalue weighted by molar-refractivity contribution is -0.125. The molecule has 0 spiro atoms. The van der Waals surface area contributed by atoms with E-state index in [0.717, 1.165) is 26.1 Å². The van der Waals surface area contributed by atoms with Crippen LogP contribution in [0.4, 0.5) is 0 Å². The molecule has 3 heteroatoms. The molecule has 1 heterocycles. The van der Waals surface area contributed by atoms with Gasteiger partial charge in [-0.25, -0.2) is 0 Å². The highest BCUT2D eigenvalue weighted by molar-refractivity contribution is 5.87. The van der Waals surface area contributed by atoms with E-state index in [0.29, 0.717) is 11.8 Å². The molecular formula is C14H28N2O. The summed E-state index contributed by atoms with van der Waals surface area (Å²) in [6.07, 6.45) is 4.80. The van der Waals surface area contributed by atoms with Crippen LogP contribution in [0.1, 0.15) is 27.7 Å². The molecule has 17 heavy (non-hydrogen) atoms.